The molecule has 0 aliphatic rings. The lowest BCUT2D eigenvalue weighted by atomic mass is 10.2. The third-order valence-corrected chi connectivity index (χ3v) is 2.26. The second-order valence-electron chi connectivity index (χ2n) is 3.78. The van der Waals surface area contributed by atoms with E-state index in [9.17, 15) is 0 Å². The first-order chi connectivity index (χ1) is 7.67. The van der Waals surface area contributed by atoms with E-state index in [1.807, 2.05) is 27.1 Å². The zero-order chi connectivity index (χ0) is 12.0. The monoisotopic (exact) mass is 227 g/mol. The van der Waals surface area contributed by atoms with Crippen LogP contribution in [0, 0.1) is 0 Å². The highest BCUT2D eigenvalue weighted by Crippen LogP contribution is 2.17. The highest BCUT2D eigenvalue weighted by Gasteiger charge is 2.15. The molecule has 1 aromatic rings. The van der Waals surface area contributed by atoms with Crippen molar-refractivity contribution in [3.05, 3.63) is 18.0 Å². The summed E-state index contributed by atoms with van der Waals surface area (Å²) in [6, 6.07) is 0. The van der Waals surface area contributed by atoms with Gasteiger partial charge in [-0.25, -0.2) is 0 Å². The van der Waals surface area contributed by atoms with Crippen molar-refractivity contribution in [1.82, 2.24) is 9.78 Å². The summed E-state index contributed by atoms with van der Waals surface area (Å²) in [7, 11) is 1.88. The molecular weight excluding hydrogens is 206 g/mol. The first-order valence-corrected chi connectivity index (χ1v) is 5.59. The number of nitrogens with two attached hydrogens (primary N) is 1. The molecule has 5 nitrogen and oxygen atoms in total. The molecule has 1 rings (SSSR count). The summed E-state index contributed by atoms with van der Waals surface area (Å²) in [4.78, 5) is 0. The summed E-state index contributed by atoms with van der Waals surface area (Å²) in [5.74, 6) is 0. The fraction of sp³-hybridized carbons (Fsp3) is 0.727. The fourth-order valence-electron chi connectivity index (χ4n) is 1.48. The Morgan fingerprint density at radius 1 is 1.56 bits per heavy atom. The number of rotatable bonds is 7. The molecule has 1 aromatic heterocycles. The molecule has 0 aliphatic carbocycles. The minimum Gasteiger partial charge on any atom is -0.379 e. The van der Waals surface area contributed by atoms with Crippen LogP contribution in [0.2, 0.25) is 0 Å². The van der Waals surface area contributed by atoms with Crippen molar-refractivity contribution in [3.8, 4) is 0 Å². The average molecular weight is 227 g/mol. The fourth-order valence-corrected chi connectivity index (χ4v) is 1.48. The molecule has 0 bridgehead atoms. The molecule has 0 aliphatic heterocycles. The average Bonchev–Trinajstić information content (AvgIpc) is 2.69. The molecule has 0 saturated heterocycles. The largest absolute Gasteiger partial charge is 0.379 e. The van der Waals surface area contributed by atoms with Crippen molar-refractivity contribution in [1.29, 1.82) is 0 Å². The number of nitrogens with zero attached hydrogens (tertiary/aromatic N) is 2. The Kier molecular flexibility index (Phi) is 5.45. The Morgan fingerprint density at radius 3 is 2.81 bits per heavy atom. The Hall–Kier alpha value is -0.910. The van der Waals surface area contributed by atoms with Gasteiger partial charge in [-0.2, -0.15) is 5.10 Å². The maximum absolute atomic E-state index is 5.80. The summed E-state index contributed by atoms with van der Waals surface area (Å²) in [6.07, 6.45) is 3.63. The zero-order valence-electron chi connectivity index (χ0n) is 10.2. The van der Waals surface area contributed by atoms with Gasteiger partial charge >= 0.3 is 0 Å². The van der Waals surface area contributed by atoms with Crippen molar-refractivity contribution >= 4 is 0 Å². The maximum Gasteiger partial charge on any atom is 0.0982 e. The quantitative estimate of drug-likeness (QED) is 0.750. The summed E-state index contributed by atoms with van der Waals surface area (Å²) in [5, 5.41) is 4.10. The summed E-state index contributed by atoms with van der Waals surface area (Å²) < 4.78 is 12.8. The van der Waals surface area contributed by atoms with Gasteiger partial charge in [-0.3, -0.25) is 4.68 Å². The minimum atomic E-state index is -0.107. The van der Waals surface area contributed by atoms with Crippen LogP contribution in [-0.4, -0.2) is 35.6 Å². The van der Waals surface area contributed by atoms with Gasteiger partial charge in [0, 0.05) is 32.0 Å². The van der Waals surface area contributed by atoms with Gasteiger partial charge in [-0.15, -0.1) is 0 Å². The molecule has 0 radical (unpaired) electrons. The van der Waals surface area contributed by atoms with Gasteiger partial charge in [0.05, 0.1) is 25.0 Å². The second kappa shape index (κ2) is 6.62. The highest BCUT2D eigenvalue weighted by molar-refractivity contribution is 5.08. The van der Waals surface area contributed by atoms with E-state index in [-0.39, 0.29) is 12.2 Å². The van der Waals surface area contributed by atoms with Gasteiger partial charge in [-0.05, 0) is 13.8 Å². The number of aromatic nitrogens is 2. The predicted octanol–water partition coefficient (Wildman–Crippen LogP) is 0.862. The van der Waals surface area contributed by atoms with E-state index in [1.54, 1.807) is 10.9 Å². The molecule has 2 atom stereocenters. The van der Waals surface area contributed by atoms with Crippen LogP contribution in [0.15, 0.2) is 12.4 Å². The number of hydrogen-bond acceptors (Lipinski definition) is 4. The molecule has 0 saturated carbocycles. The van der Waals surface area contributed by atoms with Crippen LogP contribution in [-0.2, 0) is 16.5 Å². The molecule has 0 aromatic carbocycles. The molecule has 16 heavy (non-hydrogen) atoms. The van der Waals surface area contributed by atoms with Crippen LogP contribution < -0.4 is 5.73 Å². The Balaban J connectivity index is 2.48. The van der Waals surface area contributed by atoms with E-state index in [0.717, 1.165) is 5.56 Å². The van der Waals surface area contributed by atoms with Crippen LogP contribution in [0.25, 0.3) is 0 Å². The Bertz CT molecular complexity index is 301. The first-order valence-electron chi connectivity index (χ1n) is 5.59. The molecule has 2 N–H and O–H groups in total. The maximum atomic E-state index is 5.80. The molecule has 0 spiro atoms. The van der Waals surface area contributed by atoms with Gasteiger partial charge < -0.3 is 15.2 Å². The normalized spacial score (nSPS) is 15.0. The molecule has 0 amide bonds. The summed E-state index contributed by atoms with van der Waals surface area (Å²) in [6.45, 7) is 5.69. The van der Waals surface area contributed by atoms with E-state index in [0.29, 0.717) is 19.8 Å². The van der Waals surface area contributed by atoms with Gasteiger partial charge in [0.15, 0.2) is 0 Å². The van der Waals surface area contributed by atoms with E-state index >= 15 is 0 Å². The third kappa shape index (κ3) is 3.92. The number of aryl methyl sites for hydroxylation is 1. The van der Waals surface area contributed by atoms with Crippen LogP contribution in [0.4, 0.5) is 0 Å². The van der Waals surface area contributed by atoms with Crippen molar-refractivity contribution < 1.29 is 9.47 Å². The molecule has 2 unspecified atom stereocenters. The van der Waals surface area contributed by atoms with Crippen molar-refractivity contribution in [2.45, 2.75) is 26.1 Å². The van der Waals surface area contributed by atoms with Crippen molar-refractivity contribution in [2.24, 2.45) is 12.8 Å². The van der Waals surface area contributed by atoms with Crippen LogP contribution in [0.5, 0.6) is 0 Å². The van der Waals surface area contributed by atoms with Crippen molar-refractivity contribution in [2.75, 3.05) is 19.8 Å². The van der Waals surface area contributed by atoms with Crippen LogP contribution in [0.3, 0.4) is 0 Å². The minimum absolute atomic E-state index is 0.0358. The number of ether oxygens (including phenoxy) is 2. The lowest BCUT2D eigenvalue weighted by Gasteiger charge is -2.20. The lowest BCUT2D eigenvalue weighted by Crippen LogP contribution is -2.24. The van der Waals surface area contributed by atoms with Gasteiger partial charge in [0.25, 0.3) is 0 Å². The van der Waals surface area contributed by atoms with E-state index in [2.05, 4.69) is 5.10 Å². The highest BCUT2D eigenvalue weighted by atomic mass is 16.5. The summed E-state index contributed by atoms with van der Waals surface area (Å²) in [5.41, 5.74) is 6.70. The standard InChI is InChI=1S/C11H21N3O2/c1-4-15-8-9(2)16-11(5-12)10-6-13-14(3)7-10/h6-7,9,11H,4-5,8,12H2,1-3H3. The predicted molar refractivity (Wildman–Crippen MR) is 62.0 cm³/mol. The van der Waals surface area contributed by atoms with Crippen molar-refractivity contribution in [3.63, 3.8) is 0 Å². The lowest BCUT2D eigenvalue weighted by molar-refractivity contribution is -0.0441. The van der Waals surface area contributed by atoms with E-state index < -0.39 is 0 Å². The topological polar surface area (TPSA) is 62.3 Å². The SMILES string of the molecule is CCOCC(C)OC(CN)c1cnn(C)c1. The summed E-state index contributed by atoms with van der Waals surface area (Å²) >= 11 is 0. The van der Waals surface area contributed by atoms with E-state index in [1.165, 1.54) is 0 Å². The smallest absolute Gasteiger partial charge is 0.0982 e. The Morgan fingerprint density at radius 2 is 2.31 bits per heavy atom. The molecule has 1 heterocycles. The van der Waals surface area contributed by atoms with Gasteiger partial charge in [-0.1, -0.05) is 0 Å². The van der Waals surface area contributed by atoms with Gasteiger partial charge in [0.1, 0.15) is 0 Å². The third-order valence-electron chi connectivity index (χ3n) is 2.26. The zero-order valence-corrected chi connectivity index (χ0v) is 10.2. The van der Waals surface area contributed by atoms with Crippen LogP contribution in [0.1, 0.15) is 25.5 Å². The Labute approximate surface area is 96.5 Å². The first kappa shape index (κ1) is 13.2. The molecular formula is C11H21N3O2. The molecule has 5 heteroatoms. The van der Waals surface area contributed by atoms with Crippen LogP contribution >= 0.6 is 0 Å². The molecule has 0 fully saturated rings. The molecule has 92 valence electrons. The van der Waals surface area contributed by atoms with Gasteiger partial charge in [0.2, 0.25) is 0 Å². The second-order valence-corrected chi connectivity index (χ2v) is 3.78. The van der Waals surface area contributed by atoms with E-state index in [4.69, 9.17) is 15.2 Å². The number of hydrogen-bond donors (Lipinski definition) is 1.